The number of aromatic nitrogens is 3. The largest absolute Gasteiger partial charge is 0.303 e. The molecule has 172 valence electrons. The monoisotopic (exact) mass is 486 g/mol. The van der Waals surface area contributed by atoms with Gasteiger partial charge >= 0.3 is 0 Å². The van der Waals surface area contributed by atoms with Crippen LogP contribution in [0.5, 0.6) is 0 Å². The van der Waals surface area contributed by atoms with Gasteiger partial charge in [-0.2, -0.15) is 0 Å². The highest BCUT2D eigenvalue weighted by molar-refractivity contribution is 7.19. The summed E-state index contributed by atoms with van der Waals surface area (Å²) in [6, 6.07) is 17.1. The van der Waals surface area contributed by atoms with E-state index in [2.05, 4.69) is 53.3 Å². The van der Waals surface area contributed by atoms with Gasteiger partial charge in [0.05, 0.1) is 18.3 Å². The van der Waals surface area contributed by atoms with Crippen molar-refractivity contribution in [3.8, 4) is 0 Å². The third kappa shape index (κ3) is 4.08. The summed E-state index contributed by atoms with van der Waals surface area (Å²) in [5, 5.41) is 2.08. The number of hydrogen-bond acceptors (Lipinski definition) is 6. The van der Waals surface area contributed by atoms with E-state index < -0.39 is 0 Å². The highest BCUT2D eigenvalue weighted by Gasteiger charge is 2.27. The van der Waals surface area contributed by atoms with E-state index in [1.807, 2.05) is 18.3 Å². The number of thiophene rings is 2. The summed E-state index contributed by atoms with van der Waals surface area (Å²) in [4.78, 5) is 28.5. The van der Waals surface area contributed by atoms with E-state index in [4.69, 9.17) is 4.98 Å². The molecule has 0 bridgehead atoms. The molecule has 5 aromatic rings. The molecular weight excluding hydrogens is 460 g/mol. The Hall–Kier alpha value is -2.87. The molecule has 0 radical (unpaired) electrons. The molecule has 4 aromatic heterocycles. The van der Waals surface area contributed by atoms with Crippen LogP contribution >= 0.6 is 22.7 Å². The van der Waals surface area contributed by atoms with Crippen LogP contribution in [0.25, 0.3) is 20.3 Å². The predicted octanol–water partition coefficient (Wildman–Crippen LogP) is 5.15. The quantitative estimate of drug-likeness (QED) is 0.333. The van der Waals surface area contributed by atoms with Crippen LogP contribution in [0.1, 0.15) is 27.4 Å². The Morgan fingerprint density at radius 1 is 1.12 bits per heavy atom. The molecule has 0 fully saturated rings. The normalized spacial score (nSPS) is 15.9. The fourth-order valence-corrected chi connectivity index (χ4v) is 7.29. The van der Waals surface area contributed by atoms with Crippen LogP contribution in [-0.2, 0) is 25.8 Å². The summed E-state index contributed by atoms with van der Waals surface area (Å²) < 4.78 is 3.04. The molecule has 0 saturated carbocycles. The first-order valence-corrected chi connectivity index (χ1v) is 13.4. The molecule has 6 rings (SSSR count). The van der Waals surface area contributed by atoms with Gasteiger partial charge in [0.2, 0.25) is 0 Å². The molecule has 7 heteroatoms. The zero-order chi connectivity index (χ0) is 23.1. The smallest absolute Gasteiger partial charge is 0.262 e. The molecule has 1 aromatic carbocycles. The van der Waals surface area contributed by atoms with Crippen molar-refractivity contribution in [2.24, 2.45) is 0 Å². The lowest BCUT2D eigenvalue weighted by molar-refractivity contribution is 0.225. The van der Waals surface area contributed by atoms with Gasteiger partial charge in [-0.15, -0.1) is 22.7 Å². The summed E-state index contributed by atoms with van der Waals surface area (Å²) in [5.41, 5.74) is 2.47. The maximum Gasteiger partial charge on any atom is 0.262 e. The predicted molar refractivity (Wildman–Crippen MR) is 141 cm³/mol. The Morgan fingerprint density at radius 2 is 2.00 bits per heavy atom. The zero-order valence-electron chi connectivity index (χ0n) is 19.1. The molecule has 1 atom stereocenters. The Balaban J connectivity index is 1.22. The minimum atomic E-state index is 0.0990. The third-order valence-corrected chi connectivity index (χ3v) is 9.15. The molecule has 4 heterocycles. The molecule has 0 amide bonds. The van der Waals surface area contributed by atoms with Crippen molar-refractivity contribution in [1.82, 2.24) is 19.4 Å². The topological polar surface area (TPSA) is 51.0 Å². The highest BCUT2D eigenvalue weighted by Crippen LogP contribution is 2.35. The molecule has 5 nitrogen and oxygen atoms in total. The van der Waals surface area contributed by atoms with Crippen molar-refractivity contribution in [2.75, 3.05) is 13.6 Å². The van der Waals surface area contributed by atoms with Crippen LogP contribution in [0.3, 0.4) is 0 Å². The first-order valence-electron chi connectivity index (χ1n) is 11.7. The van der Waals surface area contributed by atoms with Crippen LogP contribution < -0.4 is 5.56 Å². The molecule has 34 heavy (non-hydrogen) atoms. The molecule has 1 unspecified atom stereocenters. The molecular formula is C27H26N4OS2. The first kappa shape index (κ1) is 21.6. The van der Waals surface area contributed by atoms with E-state index in [0.717, 1.165) is 48.1 Å². The second kappa shape index (κ2) is 9.06. The molecule has 0 spiro atoms. The van der Waals surface area contributed by atoms with Gasteiger partial charge in [0, 0.05) is 45.4 Å². The minimum absolute atomic E-state index is 0.0990. The van der Waals surface area contributed by atoms with E-state index in [0.29, 0.717) is 12.6 Å². The highest BCUT2D eigenvalue weighted by atomic mass is 32.1. The van der Waals surface area contributed by atoms with Crippen LogP contribution in [0.15, 0.2) is 65.8 Å². The lowest BCUT2D eigenvalue weighted by Gasteiger charge is -2.31. The van der Waals surface area contributed by atoms with Crippen LogP contribution in [-0.4, -0.2) is 39.1 Å². The van der Waals surface area contributed by atoms with Crippen LogP contribution in [0.2, 0.25) is 0 Å². The number of benzene rings is 1. The first-order chi connectivity index (χ1) is 16.7. The van der Waals surface area contributed by atoms with Crippen molar-refractivity contribution < 1.29 is 0 Å². The van der Waals surface area contributed by atoms with Crippen LogP contribution in [0, 0.1) is 0 Å². The lowest BCUT2D eigenvalue weighted by atomic mass is 9.92. The summed E-state index contributed by atoms with van der Waals surface area (Å²) in [6.45, 7) is 1.56. The van der Waals surface area contributed by atoms with Gasteiger partial charge in [-0.3, -0.25) is 14.3 Å². The number of hydrogen-bond donors (Lipinski definition) is 0. The number of aryl methyl sites for hydroxylation is 1. The average molecular weight is 487 g/mol. The lowest BCUT2D eigenvalue weighted by Crippen LogP contribution is -2.37. The number of nitrogens with zero attached hydrogens (tertiary/aromatic N) is 4. The summed E-state index contributed by atoms with van der Waals surface area (Å²) >= 11 is 3.46. The van der Waals surface area contributed by atoms with Gasteiger partial charge in [-0.1, -0.05) is 24.3 Å². The number of pyridine rings is 1. The second-order valence-electron chi connectivity index (χ2n) is 9.06. The van der Waals surface area contributed by atoms with Gasteiger partial charge in [0.25, 0.3) is 5.56 Å². The van der Waals surface area contributed by atoms with E-state index in [1.165, 1.54) is 25.4 Å². The number of fused-ring (bicyclic) bond motifs is 4. The van der Waals surface area contributed by atoms with Crippen LogP contribution in [0.4, 0.5) is 0 Å². The van der Waals surface area contributed by atoms with Crippen molar-refractivity contribution >= 4 is 43.0 Å². The van der Waals surface area contributed by atoms with E-state index in [-0.39, 0.29) is 5.56 Å². The van der Waals surface area contributed by atoms with Gasteiger partial charge in [0.1, 0.15) is 4.83 Å². The fraction of sp³-hybridized carbons (Fsp3) is 0.296. The van der Waals surface area contributed by atoms with Crippen molar-refractivity contribution in [3.05, 3.63) is 92.4 Å². The average Bonchev–Trinajstić information content (AvgIpc) is 3.45. The summed E-state index contributed by atoms with van der Waals surface area (Å²) in [5.74, 6) is 0. The Bertz CT molecular complexity index is 1490. The number of rotatable bonds is 6. The summed E-state index contributed by atoms with van der Waals surface area (Å²) in [6.07, 6.45) is 7.55. The molecule has 0 N–H and O–H groups in total. The maximum absolute atomic E-state index is 13.5. The molecule has 1 aliphatic rings. The molecule has 1 aliphatic carbocycles. The van der Waals surface area contributed by atoms with E-state index >= 15 is 0 Å². The SMILES string of the molecule is CN(CCc1ccccn1)C1CCc2c(sc3ncn(Cc4cc5ccccc5s4)c(=O)c23)C1. The van der Waals surface area contributed by atoms with Crippen molar-refractivity contribution in [1.29, 1.82) is 0 Å². The Kier molecular flexibility index (Phi) is 5.77. The minimum Gasteiger partial charge on any atom is -0.303 e. The molecule has 0 aliphatic heterocycles. The van der Waals surface area contributed by atoms with Crippen molar-refractivity contribution in [3.63, 3.8) is 0 Å². The zero-order valence-corrected chi connectivity index (χ0v) is 20.7. The van der Waals surface area contributed by atoms with Gasteiger partial charge in [-0.25, -0.2) is 4.98 Å². The van der Waals surface area contributed by atoms with Crippen molar-refractivity contribution in [2.45, 2.75) is 38.3 Å². The standard InChI is InChI=1S/C27H26N4OS2/c1-30(13-11-19-7-4-5-12-28-19)20-9-10-22-24(15-20)34-26-25(22)27(32)31(17-29-26)16-21-14-18-6-2-3-8-23(18)33-21/h2-8,12,14,17,20H,9-11,13,15-16H2,1H3. The van der Waals surface area contributed by atoms with E-state index in [1.54, 1.807) is 33.6 Å². The van der Waals surface area contributed by atoms with E-state index in [9.17, 15) is 4.79 Å². The Labute approximate surface area is 206 Å². The van der Waals surface area contributed by atoms with Gasteiger partial charge < -0.3 is 4.90 Å². The maximum atomic E-state index is 13.5. The van der Waals surface area contributed by atoms with Gasteiger partial charge in [-0.05, 0) is 61.5 Å². The molecule has 0 saturated heterocycles. The Morgan fingerprint density at radius 3 is 2.85 bits per heavy atom. The second-order valence-corrected chi connectivity index (χ2v) is 11.3. The number of likely N-dealkylation sites (N-methyl/N-ethyl adjacent to an activating group) is 1. The van der Waals surface area contributed by atoms with Gasteiger partial charge in [0.15, 0.2) is 0 Å². The third-order valence-electron chi connectivity index (χ3n) is 6.88. The fourth-order valence-electron chi connectivity index (χ4n) is 4.97. The summed E-state index contributed by atoms with van der Waals surface area (Å²) in [7, 11) is 2.21.